The summed E-state index contributed by atoms with van der Waals surface area (Å²) in [4.78, 5) is 17.1. The first-order valence-electron chi connectivity index (χ1n) is 11.2. The standard InChI is InChI=1S/C24H26N8O/c1-15-13-26-30(4)24(15)32-10-7-19-22(31-11-12-33-14-16(31)2)27-20(28-23(19)32)17-5-8-25-21-18(17)6-9-29(21)3/h5-10,13,16H,11-12,14H2,1-4H3/t16-/m1/s1. The number of rotatable bonds is 3. The molecule has 0 unspecified atom stereocenters. The van der Waals surface area contributed by atoms with Gasteiger partial charge in [0, 0.05) is 55.7 Å². The number of nitrogens with zero attached hydrogens (tertiary/aromatic N) is 8. The lowest BCUT2D eigenvalue weighted by Crippen LogP contribution is -2.44. The second-order valence-electron chi connectivity index (χ2n) is 8.71. The van der Waals surface area contributed by atoms with Gasteiger partial charge in [0.25, 0.3) is 0 Å². The van der Waals surface area contributed by atoms with E-state index in [9.17, 15) is 0 Å². The molecule has 5 aromatic rings. The highest BCUT2D eigenvalue weighted by molar-refractivity contribution is 5.95. The molecule has 0 aromatic carbocycles. The van der Waals surface area contributed by atoms with Gasteiger partial charge in [0.15, 0.2) is 11.5 Å². The molecule has 0 spiro atoms. The second-order valence-corrected chi connectivity index (χ2v) is 8.71. The highest BCUT2D eigenvalue weighted by atomic mass is 16.5. The normalized spacial score (nSPS) is 16.8. The molecule has 1 saturated heterocycles. The molecule has 0 N–H and O–H groups in total. The van der Waals surface area contributed by atoms with E-state index in [2.05, 4.69) is 51.7 Å². The molecule has 0 amide bonds. The van der Waals surface area contributed by atoms with E-state index >= 15 is 0 Å². The Morgan fingerprint density at radius 1 is 1.03 bits per heavy atom. The van der Waals surface area contributed by atoms with Gasteiger partial charge in [0.1, 0.15) is 17.3 Å². The minimum absolute atomic E-state index is 0.223. The number of aryl methyl sites for hydroxylation is 3. The van der Waals surface area contributed by atoms with Crippen LogP contribution in [0, 0.1) is 6.92 Å². The largest absolute Gasteiger partial charge is 0.377 e. The molecule has 0 aliphatic carbocycles. The van der Waals surface area contributed by atoms with E-state index in [1.54, 1.807) is 0 Å². The Labute approximate surface area is 191 Å². The molecule has 168 valence electrons. The van der Waals surface area contributed by atoms with E-state index in [1.165, 1.54) is 0 Å². The van der Waals surface area contributed by atoms with Crippen molar-refractivity contribution in [2.75, 3.05) is 24.7 Å². The van der Waals surface area contributed by atoms with Crippen LogP contribution in [0.2, 0.25) is 0 Å². The van der Waals surface area contributed by atoms with Crippen molar-refractivity contribution in [3.05, 3.63) is 48.5 Å². The van der Waals surface area contributed by atoms with Crippen molar-refractivity contribution in [1.82, 2.24) is 33.9 Å². The maximum absolute atomic E-state index is 5.70. The highest BCUT2D eigenvalue weighted by Crippen LogP contribution is 2.34. The van der Waals surface area contributed by atoms with Gasteiger partial charge in [-0.05, 0) is 32.0 Å². The number of hydrogen-bond acceptors (Lipinski definition) is 6. The third-order valence-electron chi connectivity index (χ3n) is 6.48. The van der Waals surface area contributed by atoms with E-state index in [0.29, 0.717) is 19.0 Å². The molecule has 1 fully saturated rings. The topological polar surface area (TPSA) is 78.8 Å². The average Bonchev–Trinajstić information content (AvgIpc) is 3.50. The third kappa shape index (κ3) is 3.03. The third-order valence-corrected chi connectivity index (χ3v) is 6.48. The Hall–Kier alpha value is -3.72. The minimum atomic E-state index is 0.223. The molecule has 0 bridgehead atoms. The van der Waals surface area contributed by atoms with Gasteiger partial charge in [-0.2, -0.15) is 5.10 Å². The van der Waals surface area contributed by atoms with Crippen LogP contribution in [0.5, 0.6) is 0 Å². The van der Waals surface area contributed by atoms with Crippen LogP contribution >= 0.6 is 0 Å². The number of fused-ring (bicyclic) bond motifs is 2. The van der Waals surface area contributed by atoms with E-state index in [-0.39, 0.29) is 6.04 Å². The molecule has 1 aliphatic heterocycles. The van der Waals surface area contributed by atoms with Crippen molar-refractivity contribution in [2.45, 2.75) is 19.9 Å². The average molecular weight is 443 g/mol. The summed E-state index contributed by atoms with van der Waals surface area (Å²) in [6.07, 6.45) is 7.79. The minimum Gasteiger partial charge on any atom is -0.377 e. The Kier molecular flexibility index (Phi) is 4.48. The van der Waals surface area contributed by atoms with Gasteiger partial charge in [-0.25, -0.2) is 15.0 Å². The van der Waals surface area contributed by atoms with E-state index < -0.39 is 0 Å². The monoisotopic (exact) mass is 442 g/mol. The van der Waals surface area contributed by atoms with Crippen LogP contribution in [0.3, 0.4) is 0 Å². The fraction of sp³-hybridized carbons (Fsp3) is 0.333. The SMILES string of the molecule is Cc1cnn(C)c1-n1ccc2c(N3CCOC[C@H]3C)nc(-c3ccnc4c3ccn4C)nc21. The smallest absolute Gasteiger partial charge is 0.164 e. The molecule has 0 radical (unpaired) electrons. The van der Waals surface area contributed by atoms with Gasteiger partial charge < -0.3 is 14.2 Å². The molecule has 6 rings (SSSR count). The van der Waals surface area contributed by atoms with E-state index in [4.69, 9.17) is 14.7 Å². The summed E-state index contributed by atoms with van der Waals surface area (Å²) in [5, 5.41) is 6.50. The van der Waals surface area contributed by atoms with Crippen molar-refractivity contribution >= 4 is 27.9 Å². The van der Waals surface area contributed by atoms with E-state index in [0.717, 1.165) is 51.4 Å². The van der Waals surface area contributed by atoms with Crippen molar-refractivity contribution in [1.29, 1.82) is 0 Å². The Balaban J connectivity index is 1.65. The molecular weight excluding hydrogens is 416 g/mol. The number of hydrogen-bond donors (Lipinski definition) is 0. The maximum Gasteiger partial charge on any atom is 0.164 e. The van der Waals surface area contributed by atoms with Crippen LogP contribution in [0.1, 0.15) is 12.5 Å². The number of morpholine rings is 1. The van der Waals surface area contributed by atoms with Crippen LogP contribution in [0.4, 0.5) is 5.82 Å². The zero-order chi connectivity index (χ0) is 22.7. The number of pyridine rings is 1. The van der Waals surface area contributed by atoms with Crippen molar-refractivity contribution in [3.8, 4) is 17.2 Å². The molecule has 9 heteroatoms. The van der Waals surface area contributed by atoms with Gasteiger partial charge in [-0.3, -0.25) is 9.25 Å². The summed E-state index contributed by atoms with van der Waals surface area (Å²) in [6.45, 7) is 6.40. The molecule has 33 heavy (non-hydrogen) atoms. The van der Waals surface area contributed by atoms with Gasteiger partial charge in [0.05, 0.1) is 30.8 Å². The van der Waals surface area contributed by atoms with Gasteiger partial charge in [-0.15, -0.1) is 0 Å². The molecule has 1 aliphatic rings. The summed E-state index contributed by atoms with van der Waals surface area (Å²) >= 11 is 0. The lowest BCUT2D eigenvalue weighted by Gasteiger charge is -2.34. The summed E-state index contributed by atoms with van der Waals surface area (Å²) < 4.78 is 11.7. The fourth-order valence-corrected chi connectivity index (χ4v) is 4.80. The fourth-order valence-electron chi connectivity index (χ4n) is 4.80. The predicted octanol–water partition coefficient (Wildman–Crippen LogP) is 3.24. The first kappa shape index (κ1) is 19.9. The first-order valence-corrected chi connectivity index (χ1v) is 11.2. The molecule has 0 saturated carbocycles. The molecule has 9 nitrogen and oxygen atoms in total. The van der Waals surface area contributed by atoms with Crippen LogP contribution in [0.25, 0.3) is 39.3 Å². The summed E-state index contributed by atoms with van der Waals surface area (Å²) in [5.41, 5.74) is 3.83. The van der Waals surface area contributed by atoms with Crippen molar-refractivity contribution in [2.24, 2.45) is 14.1 Å². The Bertz CT molecular complexity index is 1470. The predicted molar refractivity (Wildman–Crippen MR) is 128 cm³/mol. The van der Waals surface area contributed by atoms with Gasteiger partial charge in [0.2, 0.25) is 0 Å². The second kappa shape index (κ2) is 7.41. The van der Waals surface area contributed by atoms with Gasteiger partial charge >= 0.3 is 0 Å². The molecule has 5 aromatic heterocycles. The number of ether oxygens (including phenoxy) is 1. The van der Waals surface area contributed by atoms with Crippen LogP contribution in [-0.4, -0.2) is 59.7 Å². The van der Waals surface area contributed by atoms with Crippen LogP contribution in [-0.2, 0) is 18.8 Å². The Morgan fingerprint density at radius 3 is 2.67 bits per heavy atom. The number of anilines is 1. The lowest BCUT2D eigenvalue weighted by molar-refractivity contribution is 0.0987. The highest BCUT2D eigenvalue weighted by Gasteiger charge is 2.26. The maximum atomic E-state index is 5.70. The molecule has 1 atom stereocenters. The Morgan fingerprint density at radius 2 is 1.88 bits per heavy atom. The zero-order valence-electron chi connectivity index (χ0n) is 19.2. The zero-order valence-corrected chi connectivity index (χ0v) is 19.2. The quantitative estimate of drug-likeness (QED) is 0.427. The van der Waals surface area contributed by atoms with E-state index in [1.807, 2.05) is 48.0 Å². The van der Waals surface area contributed by atoms with Crippen LogP contribution < -0.4 is 4.90 Å². The summed E-state index contributed by atoms with van der Waals surface area (Å²) in [7, 11) is 3.96. The summed E-state index contributed by atoms with van der Waals surface area (Å²) in [5.74, 6) is 2.62. The van der Waals surface area contributed by atoms with Crippen LogP contribution in [0.15, 0.2) is 43.0 Å². The molecule has 6 heterocycles. The summed E-state index contributed by atoms with van der Waals surface area (Å²) in [6, 6.07) is 6.40. The molecular formula is C24H26N8O. The lowest BCUT2D eigenvalue weighted by atomic mass is 10.1. The first-order chi connectivity index (χ1) is 16.0. The van der Waals surface area contributed by atoms with Gasteiger partial charge in [-0.1, -0.05) is 0 Å². The van der Waals surface area contributed by atoms with Crippen molar-refractivity contribution < 1.29 is 4.74 Å². The number of aromatic nitrogens is 7. The van der Waals surface area contributed by atoms with Crippen molar-refractivity contribution in [3.63, 3.8) is 0 Å².